The lowest BCUT2D eigenvalue weighted by Crippen LogP contribution is -2.35. The second-order valence-electron chi connectivity index (χ2n) is 7.28. The van der Waals surface area contributed by atoms with E-state index in [-0.39, 0.29) is 11.7 Å². The van der Waals surface area contributed by atoms with Crippen molar-refractivity contribution < 1.29 is 13.2 Å². The van der Waals surface area contributed by atoms with E-state index in [1.807, 2.05) is 36.4 Å². The number of carbonyl (C=O) groups excluding carboxylic acids is 1. The quantitative estimate of drug-likeness (QED) is 0.388. The molecule has 0 aliphatic heterocycles. The van der Waals surface area contributed by atoms with Gasteiger partial charge in [0.1, 0.15) is 5.25 Å². The molecule has 0 fully saturated rings. The van der Waals surface area contributed by atoms with Gasteiger partial charge in [-0.1, -0.05) is 79.6 Å². The number of halogens is 1. The van der Waals surface area contributed by atoms with Crippen LogP contribution in [0.2, 0.25) is 0 Å². The van der Waals surface area contributed by atoms with Gasteiger partial charge < -0.3 is 0 Å². The average Bonchev–Trinajstić information content (AvgIpc) is 2.79. The Kier molecular flexibility index (Phi) is 7.37. The smallest absolute Gasteiger partial charge is 0.262 e. The Bertz CT molecular complexity index is 1150. The van der Waals surface area contributed by atoms with Crippen LogP contribution < -0.4 is 5.32 Å². The first-order chi connectivity index (χ1) is 14.9. The Balaban J connectivity index is 1.68. The Morgan fingerprint density at radius 3 is 2.35 bits per heavy atom. The molecule has 6 heteroatoms. The second kappa shape index (κ2) is 10.00. The first-order valence-electron chi connectivity index (χ1n) is 10.0. The van der Waals surface area contributed by atoms with Gasteiger partial charge in [0.25, 0.3) is 5.91 Å². The molecule has 1 aliphatic carbocycles. The van der Waals surface area contributed by atoms with E-state index in [0.29, 0.717) is 24.0 Å². The van der Waals surface area contributed by atoms with Crippen molar-refractivity contribution in [3.63, 3.8) is 0 Å². The van der Waals surface area contributed by atoms with Gasteiger partial charge in [-0.05, 0) is 29.7 Å². The number of nitrogens with one attached hydrogen (secondary N) is 1. The average molecular weight is 454 g/mol. The molecule has 0 spiro atoms. The second-order valence-corrected chi connectivity index (χ2v) is 10.4. The van der Waals surface area contributed by atoms with Crippen LogP contribution in [0.5, 0.6) is 0 Å². The Hall–Kier alpha value is -2.81. The van der Waals surface area contributed by atoms with E-state index < -0.39 is 20.0 Å². The minimum Gasteiger partial charge on any atom is -0.281 e. The predicted octanol–water partition coefficient (Wildman–Crippen LogP) is 4.81. The molecule has 2 aromatic carbocycles. The van der Waals surface area contributed by atoms with Crippen LogP contribution in [0.4, 0.5) is 0 Å². The van der Waals surface area contributed by atoms with Crippen molar-refractivity contribution >= 4 is 27.3 Å². The van der Waals surface area contributed by atoms with Crippen molar-refractivity contribution in [3.8, 4) is 12.0 Å². The van der Waals surface area contributed by atoms with Crippen LogP contribution in [0, 0.1) is 12.0 Å². The van der Waals surface area contributed by atoms with Crippen molar-refractivity contribution in [3.05, 3.63) is 95.6 Å². The number of rotatable bonds is 6. The van der Waals surface area contributed by atoms with Crippen molar-refractivity contribution in [1.82, 2.24) is 5.32 Å². The fourth-order valence-corrected chi connectivity index (χ4v) is 5.83. The summed E-state index contributed by atoms with van der Waals surface area (Å²) in [5.41, 5.74) is 2.16. The van der Waals surface area contributed by atoms with Crippen LogP contribution in [0.15, 0.2) is 84.5 Å². The molecule has 1 N–H and O–H groups in total. The van der Waals surface area contributed by atoms with Crippen LogP contribution in [0.1, 0.15) is 40.9 Å². The van der Waals surface area contributed by atoms with E-state index in [9.17, 15) is 13.2 Å². The molecular weight excluding hydrogens is 430 g/mol. The van der Waals surface area contributed by atoms with Crippen LogP contribution in [0.3, 0.4) is 0 Å². The lowest BCUT2D eigenvalue weighted by Gasteiger charge is -2.34. The van der Waals surface area contributed by atoms with Gasteiger partial charge in [-0.2, -0.15) is 0 Å². The third-order valence-electron chi connectivity index (χ3n) is 5.14. The summed E-state index contributed by atoms with van der Waals surface area (Å²) in [4.78, 5) is 10.9. The first-order valence-corrected chi connectivity index (χ1v) is 12.1. The van der Waals surface area contributed by atoms with Gasteiger partial charge >= 0.3 is 0 Å². The molecule has 1 aliphatic rings. The Labute approximate surface area is 188 Å². The summed E-state index contributed by atoms with van der Waals surface area (Å²) in [6, 6.07) is 20.6. The van der Waals surface area contributed by atoms with E-state index in [0.717, 1.165) is 5.57 Å². The summed E-state index contributed by atoms with van der Waals surface area (Å²) < 4.78 is 25.8. The van der Waals surface area contributed by atoms with Gasteiger partial charge in [0.2, 0.25) is 0 Å². The highest BCUT2D eigenvalue weighted by molar-refractivity contribution is 7.91. The molecule has 0 bridgehead atoms. The summed E-state index contributed by atoms with van der Waals surface area (Å²) in [6.07, 6.45) is 6.30. The highest BCUT2D eigenvalue weighted by atomic mass is 35.5. The van der Waals surface area contributed by atoms with Crippen LogP contribution in [-0.4, -0.2) is 25.0 Å². The van der Waals surface area contributed by atoms with Crippen LogP contribution in [-0.2, 0) is 9.84 Å². The molecule has 31 heavy (non-hydrogen) atoms. The Morgan fingerprint density at radius 1 is 1.13 bits per heavy atom. The molecular formula is C25H24ClNO3S. The van der Waals surface area contributed by atoms with Crippen molar-refractivity contribution in [1.29, 1.82) is 0 Å². The number of hydrogen-bond acceptors (Lipinski definition) is 3. The van der Waals surface area contributed by atoms with Crippen LogP contribution in [0.25, 0.3) is 0 Å². The SMILES string of the molecule is CCS(=O)(=O)C(c1ccccc1)C1(Cl)C=CC(CC#CNC(=O)c2ccccc2)=CC1. The molecule has 2 aromatic rings. The molecule has 1 amide bonds. The lowest BCUT2D eigenvalue weighted by molar-refractivity contribution is 0.0973. The lowest BCUT2D eigenvalue weighted by atomic mass is 9.88. The highest BCUT2D eigenvalue weighted by Crippen LogP contribution is 2.44. The van der Waals surface area contributed by atoms with Crippen molar-refractivity contribution in [2.24, 2.45) is 0 Å². The van der Waals surface area contributed by atoms with E-state index in [1.165, 1.54) is 0 Å². The molecule has 0 radical (unpaired) electrons. The standard InChI is InChI=1S/C25H24ClNO3S/c1-2-31(29,30)23(21-11-5-3-6-12-21)25(26)17-15-20(16-18-25)10-9-19-27-24(28)22-13-7-4-8-14-22/h3-8,11-17,23H,2,10,18H2,1H3,(H,27,28). The summed E-state index contributed by atoms with van der Waals surface area (Å²) in [7, 11) is -3.43. The molecule has 4 nitrogen and oxygen atoms in total. The summed E-state index contributed by atoms with van der Waals surface area (Å²) in [5, 5.41) is 1.73. The van der Waals surface area contributed by atoms with Gasteiger partial charge in [0.05, 0.1) is 4.87 Å². The number of allylic oxidation sites excluding steroid dienone is 4. The van der Waals surface area contributed by atoms with Gasteiger partial charge in [0.15, 0.2) is 9.84 Å². The van der Waals surface area contributed by atoms with Crippen molar-refractivity contribution in [2.45, 2.75) is 29.9 Å². The highest BCUT2D eigenvalue weighted by Gasteiger charge is 2.43. The normalized spacial score (nSPS) is 19.0. The number of benzene rings is 2. The zero-order chi connectivity index (χ0) is 22.3. The molecule has 0 saturated carbocycles. The number of amides is 1. The van der Waals surface area contributed by atoms with E-state index in [4.69, 9.17) is 11.6 Å². The fourth-order valence-electron chi connectivity index (χ4n) is 3.48. The van der Waals surface area contributed by atoms with E-state index >= 15 is 0 Å². The largest absolute Gasteiger partial charge is 0.281 e. The van der Waals surface area contributed by atoms with Gasteiger partial charge in [-0.15, -0.1) is 11.6 Å². The summed E-state index contributed by atoms with van der Waals surface area (Å²) in [5.74, 6) is 2.68. The van der Waals surface area contributed by atoms with Gasteiger partial charge in [-0.25, -0.2) is 8.42 Å². The number of alkyl halides is 1. The molecule has 0 heterocycles. The Morgan fingerprint density at radius 2 is 1.77 bits per heavy atom. The third kappa shape index (κ3) is 5.66. The zero-order valence-electron chi connectivity index (χ0n) is 17.2. The number of sulfone groups is 1. The maximum atomic E-state index is 12.9. The maximum Gasteiger partial charge on any atom is 0.262 e. The molecule has 0 saturated heterocycles. The molecule has 0 aromatic heterocycles. The van der Waals surface area contributed by atoms with Crippen LogP contribution >= 0.6 is 11.6 Å². The van der Waals surface area contributed by atoms with Gasteiger partial charge in [0, 0.05) is 23.8 Å². The molecule has 160 valence electrons. The fraction of sp³-hybridized carbons (Fsp3) is 0.240. The summed E-state index contributed by atoms with van der Waals surface area (Å²) in [6.45, 7) is 1.64. The maximum absolute atomic E-state index is 12.9. The third-order valence-corrected chi connectivity index (χ3v) is 7.99. The van der Waals surface area contributed by atoms with E-state index in [2.05, 4.69) is 17.3 Å². The molecule has 2 atom stereocenters. The summed E-state index contributed by atoms with van der Waals surface area (Å²) >= 11 is 6.87. The number of carbonyl (C=O) groups is 1. The first kappa shape index (κ1) is 22.9. The molecule has 3 rings (SSSR count). The van der Waals surface area contributed by atoms with Crippen molar-refractivity contribution in [2.75, 3.05) is 5.75 Å². The monoisotopic (exact) mass is 453 g/mol. The zero-order valence-corrected chi connectivity index (χ0v) is 18.8. The number of hydrogen-bond donors (Lipinski definition) is 1. The molecule has 2 unspecified atom stereocenters. The van der Waals surface area contributed by atoms with E-state index in [1.54, 1.807) is 49.4 Å². The minimum atomic E-state index is -3.43. The topological polar surface area (TPSA) is 63.2 Å². The minimum absolute atomic E-state index is 0.0119. The van der Waals surface area contributed by atoms with Gasteiger partial charge in [-0.3, -0.25) is 10.1 Å². The predicted molar refractivity (Wildman–Crippen MR) is 125 cm³/mol.